The topological polar surface area (TPSA) is 33.0 Å². The number of thioether (sulfide) groups is 1. The lowest BCUT2D eigenvalue weighted by Crippen LogP contribution is -2.23. The summed E-state index contributed by atoms with van der Waals surface area (Å²) in [7, 11) is 0. The second-order valence-electron chi connectivity index (χ2n) is 5.51. The van der Waals surface area contributed by atoms with Gasteiger partial charge < -0.3 is 4.74 Å². The van der Waals surface area contributed by atoms with Gasteiger partial charge in [0.2, 0.25) is 4.33 Å². The molecule has 23 heavy (non-hydrogen) atoms. The number of rotatable bonds is 11. The Morgan fingerprint density at radius 1 is 1.26 bits per heavy atom. The second kappa shape index (κ2) is 11.1. The van der Waals surface area contributed by atoms with E-state index < -0.39 is 4.33 Å². The van der Waals surface area contributed by atoms with Crippen LogP contribution in [0.5, 0.6) is 5.75 Å². The van der Waals surface area contributed by atoms with Gasteiger partial charge in [0, 0.05) is 5.25 Å². The number of hydrogen-bond donors (Lipinski definition) is 0. The van der Waals surface area contributed by atoms with E-state index in [1.165, 1.54) is 24.8 Å². The van der Waals surface area contributed by atoms with Gasteiger partial charge in [-0.1, -0.05) is 61.2 Å². The minimum absolute atomic E-state index is 0.128. The van der Waals surface area contributed by atoms with Gasteiger partial charge in [0.25, 0.3) is 0 Å². The van der Waals surface area contributed by atoms with Gasteiger partial charge in [-0.05, 0) is 43.6 Å². The average molecular weight is 374 g/mol. The fourth-order valence-corrected chi connectivity index (χ4v) is 3.39. The molecule has 1 aromatic carbocycles. The Kier molecular flexibility index (Phi) is 9.86. The second-order valence-corrected chi connectivity index (χ2v) is 8.35. The van der Waals surface area contributed by atoms with Crippen molar-refractivity contribution in [2.45, 2.75) is 55.5 Å². The van der Waals surface area contributed by atoms with Crippen molar-refractivity contribution in [2.75, 3.05) is 12.4 Å². The van der Waals surface area contributed by atoms with Crippen LogP contribution >= 0.6 is 35.0 Å². The monoisotopic (exact) mass is 373 g/mol. The summed E-state index contributed by atoms with van der Waals surface area (Å²) < 4.78 is 4.60. The molecule has 0 aliphatic heterocycles. The van der Waals surface area contributed by atoms with Gasteiger partial charge in [-0.2, -0.15) is 17.0 Å². The number of nitriles is 1. The third-order valence-electron chi connectivity index (χ3n) is 3.60. The van der Waals surface area contributed by atoms with Crippen molar-refractivity contribution >= 4 is 35.0 Å². The molecule has 1 rings (SSSR count). The molecule has 0 aliphatic rings. The third-order valence-corrected chi connectivity index (χ3v) is 6.06. The lowest BCUT2D eigenvalue weighted by molar-refractivity contribution is 0.315. The maximum absolute atomic E-state index is 8.88. The van der Waals surface area contributed by atoms with Gasteiger partial charge in [-0.25, -0.2) is 0 Å². The summed E-state index contributed by atoms with van der Waals surface area (Å²) in [5.41, 5.74) is 1.28. The largest absolute Gasteiger partial charge is 0.493 e. The van der Waals surface area contributed by atoms with Crippen LogP contribution in [0.15, 0.2) is 24.3 Å². The number of alkyl halides is 2. The first kappa shape index (κ1) is 20.5. The van der Waals surface area contributed by atoms with Crippen LogP contribution in [-0.2, 0) is 6.42 Å². The molecular weight excluding hydrogens is 349 g/mol. The van der Waals surface area contributed by atoms with Crippen molar-refractivity contribution in [3.8, 4) is 11.8 Å². The van der Waals surface area contributed by atoms with Crippen molar-refractivity contribution in [3.63, 3.8) is 0 Å². The highest BCUT2D eigenvalue weighted by atomic mass is 35.5. The van der Waals surface area contributed by atoms with Gasteiger partial charge in [-0.3, -0.25) is 0 Å². The first-order valence-electron chi connectivity index (χ1n) is 8.12. The standard InChI is InChI=1S/C18H25Cl2NOS/c1-3-4-5-9-16-10-6-7-11-17(16)22-12-8-13-23-15(2)18(19,20)14-21/h6-7,10-11,15H,3-5,8-9,12-13H2,1-2H3. The number of aryl methyl sites for hydroxylation is 1. The van der Waals surface area contributed by atoms with E-state index in [1.54, 1.807) is 11.8 Å². The molecule has 0 N–H and O–H groups in total. The zero-order valence-electron chi connectivity index (χ0n) is 13.9. The van der Waals surface area contributed by atoms with E-state index in [4.69, 9.17) is 33.2 Å². The van der Waals surface area contributed by atoms with Crippen molar-refractivity contribution in [3.05, 3.63) is 29.8 Å². The van der Waals surface area contributed by atoms with Gasteiger partial charge in [0.05, 0.1) is 6.61 Å². The molecule has 5 heteroatoms. The van der Waals surface area contributed by atoms with Crippen LogP contribution in [0.1, 0.15) is 45.1 Å². The van der Waals surface area contributed by atoms with Crippen molar-refractivity contribution in [2.24, 2.45) is 0 Å². The molecule has 1 atom stereocenters. The predicted molar refractivity (Wildman–Crippen MR) is 102 cm³/mol. The fraction of sp³-hybridized carbons (Fsp3) is 0.611. The number of benzene rings is 1. The number of hydrogen-bond acceptors (Lipinski definition) is 3. The maximum atomic E-state index is 8.88. The molecule has 0 radical (unpaired) electrons. The summed E-state index contributed by atoms with van der Waals surface area (Å²) >= 11 is 13.4. The van der Waals surface area contributed by atoms with Crippen LogP contribution < -0.4 is 4.74 Å². The molecule has 1 unspecified atom stereocenters. The highest BCUT2D eigenvalue weighted by molar-refractivity contribution is 8.00. The van der Waals surface area contributed by atoms with Crippen molar-refractivity contribution < 1.29 is 4.74 Å². The smallest absolute Gasteiger partial charge is 0.214 e. The molecule has 128 valence electrons. The molecule has 0 fully saturated rings. The summed E-state index contributed by atoms with van der Waals surface area (Å²) in [5, 5.41) is 8.76. The molecule has 0 saturated carbocycles. The lowest BCUT2D eigenvalue weighted by Gasteiger charge is -2.19. The molecule has 2 nitrogen and oxygen atoms in total. The summed E-state index contributed by atoms with van der Waals surface area (Å²) in [6.07, 6.45) is 5.64. The van der Waals surface area contributed by atoms with E-state index in [1.807, 2.05) is 25.1 Å². The number of para-hydroxylation sites is 1. The average Bonchev–Trinajstić information content (AvgIpc) is 2.55. The lowest BCUT2D eigenvalue weighted by atomic mass is 10.1. The predicted octanol–water partition coefficient (Wildman–Crippen LogP) is 6.01. The van der Waals surface area contributed by atoms with E-state index in [9.17, 15) is 0 Å². The summed E-state index contributed by atoms with van der Waals surface area (Å²) in [4.78, 5) is 0. The van der Waals surface area contributed by atoms with Crippen molar-refractivity contribution in [1.29, 1.82) is 5.26 Å². The Morgan fingerprint density at radius 3 is 2.70 bits per heavy atom. The van der Waals surface area contributed by atoms with E-state index in [0.29, 0.717) is 6.61 Å². The van der Waals surface area contributed by atoms with Gasteiger partial charge in [0.15, 0.2) is 0 Å². The minimum atomic E-state index is -1.32. The highest BCUT2D eigenvalue weighted by Gasteiger charge is 2.31. The molecule has 1 aromatic rings. The Labute approximate surface area is 154 Å². The van der Waals surface area contributed by atoms with E-state index >= 15 is 0 Å². The molecular formula is C18H25Cl2NOS. The summed E-state index contributed by atoms with van der Waals surface area (Å²) in [5.74, 6) is 1.85. The van der Waals surface area contributed by atoms with Crippen molar-refractivity contribution in [1.82, 2.24) is 0 Å². The summed E-state index contributed by atoms with van der Waals surface area (Å²) in [6, 6.07) is 10.2. The van der Waals surface area contributed by atoms with Gasteiger partial charge in [0.1, 0.15) is 11.8 Å². The summed E-state index contributed by atoms with van der Waals surface area (Å²) in [6.45, 7) is 4.75. The molecule has 0 aliphatic carbocycles. The Bertz CT molecular complexity index is 502. The normalized spacial score (nSPS) is 12.7. The molecule has 0 bridgehead atoms. The van der Waals surface area contributed by atoms with E-state index in [2.05, 4.69) is 19.1 Å². The molecule has 0 spiro atoms. The van der Waals surface area contributed by atoms with Crippen LogP contribution in [0.3, 0.4) is 0 Å². The van der Waals surface area contributed by atoms with Crippen LogP contribution in [0.25, 0.3) is 0 Å². The van der Waals surface area contributed by atoms with Crippen LogP contribution in [0.2, 0.25) is 0 Å². The SMILES string of the molecule is CCCCCc1ccccc1OCCCSC(C)C(Cl)(Cl)C#N. The Balaban J connectivity index is 2.32. The molecule has 0 heterocycles. The number of unbranched alkanes of at least 4 members (excludes halogenated alkanes) is 2. The maximum Gasteiger partial charge on any atom is 0.214 e. The highest BCUT2D eigenvalue weighted by Crippen LogP contribution is 2.33. The molecule has 0 aromatic heterocycles. The van der Waals surface area contributed by atoms with E-state index in [-0.39, 0.29) is 5.25 Å². The Hall–Kier alpha value is -0.560. The number of ether oxygens (including phenoxy) is 1. The zero-order valence-corrected chi connectivity index (χ0v) is 16.2. The molecule has 0 saturated heterocycles. The molecule has 0 amide bonds. The van der Waals surface area contributed by atoms with Crippen LogP contribution in [0, 0.1) is 11.3 Å². The van der Waals surface area contributed by atoms with Gasteiger partial charge in [-0.15, -0.1) is 0 Å². The minimum Gasteiger partial charge on any atom is -0.493 e. The van der Waals surface area contributed by atoms with Crippen LogP contribution in [0.4, 0.5) is 0 Å². The quantitative estimate of drug-likeness (QED) is 0.351. The van der Waals surface area contributed by atoms with Crippen LogP contribution in [-0.4, -0.2) is 21.9 Å². The zero-order chi connectivity index (χ0) is 17.1. The third kappa shape index (κ3) is 7.70. The van der Waals surface area contributed by atoms with E-state index in [0.717, 1.165) is 24.3 Å². The van der Waals surface area contributed by atoms with Gasteiger partial charge >= 0.3 is 0 Å². The number of halogens is 2. The first-order chi connectivity index (χ1) is 11.0. The first-order valence-corrected chi connectivity index (χ1v) is 9.93. The Morgan fingerprint density at radius 2 is 2.00 bits per heavy atom. The number of nitrogens with zero attached hydrogens (tertiary/aromatic N) is 1. The fourth-order valence-electron chi connectivity index (χ4n) is 2.11.